The average Bonchev–Trinajstić information content (AvgIpc) is 2.56. The summed E-state index contributed by atoms with van der Waals surface area (Å²) in [6.07, 6.45) is 0. The summed E-state index contributed by atoms with van der Waals surface area (Å²) in [6, 6.07) is 0. The minimum absolute atomic E-state index is 0.479. The molecule has 0 aliphatic rings. The van der Waals surface area contributed by atoms with Crippen LogP contribution >= 0.6 is 0 Å². The molecule has 0 aromatic carbocycles. The quantitative estimate of drug-likeness (QED) is 0.824. The fourth-order valence-electron chi connectivity index (χ4n) is 1.60. The molecule has 0 bridgehead atoms. The van der Waals surface area contributed by atoms with Crippen molar-refractivity contribution in [3.05, 3.63) is 11.6 Å². The molecule has 0 aliphatic carbocycles. The van der Waals surface area contributed by atoms with Gasteiger partial charge >= 0.3 is 5.97 Å². The third-order valence-corrected chi connectivity index (χ3v) is 3.21. The monoisotopic (exact) mass is 240 g/mol. The third-order valence-electron chi connectivity index (χ3n) is 3.21. The number of nitrogens with zero attached hydrogens (tertiary/aromatic N) is 4. The van der Waals surface area contributed by atoms with Gasteiger partial charge in [0, 0.05) is 7.05 Å². The van der Waals surface area contributed by atoms with Gasteiger partial charge in [-0.2, -0.15) is 0 Å². The van der Waals surface area contributed by atoms with Gasteiger partial charge in [0.2, 0.25) is 0 Å². The summed E-state index contributed by atoms with van der Waals surface area (Å²) in [6.45, 7) is 8.32. The SMILES string of the molecule is CCN(Cc1nnc(C)n1C)C(C)(C)C(=O)O. The van der Waals surface area contributed by atoms with Gasteiger partial charge in [-0.15, -0.1) is 10.2 Å². The fourth-order valence-corrected chi connectivity index (χ4v) is 1.60. The molecular weight excluding hydrogens is 220 g/mol. The van der Waals surface area contributed by atoms with Gasteiger partial charge in [0.15, 0.2) is 0 Å². The summed E-state index contributed by atoms with van der Waals surface area (Å²) in [4.78, 5) is 13.1. The van der Waals surface area contributed by atoms with Crippen molar-refractivity contribution in [2.45, 2.75) is 39.8 Å². The summed E-state index contributed by atoms with van der Waals surface area (Å²) < 4.78 is 1.88. The van der Waals surface area contributed by atoms with Crippen molar-refractivity contribution in [2.75, 3.05) is 6.54 Å². The minimum atomic E-state index is -0.908. The molecule has 0 spiro atoms. The van der Waals surface area contributed by atoms with Gasteiger partial charge in [-0.1, -0.05) is 6.92 Å². The van der Waals surface area contributed by atoms with Crippen molar-refractivity contribution < 1.29 is 9.90 Å². The molecule has 1 heterocycles. The Morgan fingerprint density at radius 1 is 1.47 bits per heavy atom. The summed E-state index contributed by atoms with van der Waals surface area (Å²) in [5.41, 5.74) is -0.908. The van der Waals surface area contributed by atoms with Crippen LogP contribution in [0.1, 0.15) is 32.4 Å². The van der Waals surface area contributed by atoms with E-state index in [9.17, 15) is 9.90 Å². The molecule has 1 aromatic rings. The van der Waals surface area contributed by atoms with Gasteiger partial charge in [-0.05, 0) is 27.3 Å². The highest BCUT2D eigenvalue weighted by Gasteiger charge is 2.34. The first-order valence-corrected chi connectivity index (χ1v) is 5.64. The molecule has 1 N–H and O–H groups in total. The summed E-state index contributed by atoms with van der Waals surface area (Å²) in [5.74, 6) is 0.765. The van der Waals surface area contributed by atoms with Crippen molar-refractivity contribution >= 4 is 5.97 Å². The van der Waals surface area contributed by atoms with Crippen molar-refractivity contribution in [3.8, 4) is 0 Å². The Hall–Kier alpha value is -1.43. The molecule has 0 saturated heterocycles. The van der Waals surface area contributed by atoms with Crippen LogP contribution in [0.3, 0.4) is 0 Å². The Bertz CT molecular complexity index is 412. The molecule has 0 unspecified atom stereocenters. The van der Waals surface area contributed by atoms with E-state index in [2.05, 4.69) is 10.2 Å². The van der Waals surface area contributed by atoms with Gasteiger partial charge < -0.3 is 9.67 Å². The second-order valence-electron chi connectivity index (χ2n) is 4.60. The van der Waals surface area contributed by atoms with Gasteiger partial charge in [0.25, 0.3) is 0 Å². The molecule has 0 saturated carbocycles. The maximum atomic E-state index is 11.2. The molecule has 0 aliphatic heterocycles. The van der Waals surface area contributed by atoms with Crippen LogP contribution < -0.4 is 0 Å². The highest BCUT2D eigenvalue weighted by molar-refractivity contribution is 5.77. The van der Waals surface area contributed by atoms with Crippen LogP contribution in [-0.4, -0.2) is 42.8 Å². The Morgan fingerprint density at radius 2 is 2.06 bits per heavy atom. The number of carboxylic acid groups (broad SMARTS) is 1. The van der Waals surface area contributed by atoms with Gasteiger partial charge in [-0.3, -0.25) is 9.69 Å². The predicted octanol–water partition coefficient (Wildman–Crippen LogP) is 0.809. The Kier molecular flexibility index (Phi) is 3.87. The molecule has 17 heavy (non-hydrogen) atoms. The largest absolute Gasteiger partial charge is 0.480 e. The maximum Gasteiger partial charge on any atom is 0.323 e. The summed E-state index contributed by atoms with van der Waals surface area (Å²) in [5, 5.41) is 17.2. The first-order chi connectivity index (χ1) is 7.80. The molecule has 0 amide bonds. The molecule has 6 nitrogen and oxygen atoms in total. The number of aromatic nitrogens is 3. The number of carbonyl (C=O) groups is 1. The lowest BCUT2D eigenvalue weighted by molar-refractivity contribution is -0.149. The van der Waals surface area contributed by atoms with Gasteiger partial charge in [-0.25, -0.2) is 0 Å². The minimum Gasteiger partial charge on any atom is -0.480 e. The van der Waals surface area contributed by atoms with E-state index in [0.29, 0.717) is 13.1 Å². The Morgan fingerprint density at radius 3 is 2.41 bits per heavy atom. The van der Waals surface area contributed by atoms with Crippen LogP contribution in [0.15, 0.2) is 0 Å². The zero-order valence-electron chi connectivity index (χ0n) is 11.1. The molecule has 0 fully saturated rings. The zero-order valence-corrected chi connectivity index (χ0v) is 11.1. The molecule has 6 heteroatoms. The van der Waals surface area contributed by atoms with Crippen LogP contribution in [-0.2, 0) is 18.4 Å². The lowest BCUT2D eigenvalue weighted by Crippen LogP contribution is -2.49. The van der Waals surface area contributed by atoms with E-state index in [0.717, 1.165) is 11.6 Å². The maximum absolute atomic E-state index is 11.2. The van der Waals surface area contributed by atoms with Crippen molar-refractivity contribution in [1.29, 1.82) is 0 Å². The topological polar surface area (TPSA) is 71.2 Å². The van der Waals surface area contributed by atoms with E-state index in [4.69, 9.17) is 0 Å². The predicted molar refractivity (Wildman–Crippen MR) is 63.5 cm³/mol. The van der Waals surface area contributed by atoms with E-state index < -0.39 is 11.5 Å². The van der Waals surface area contributed by atoms with E-state index in [1.54, 1.807) is 13.8 Å². The average molecular weight is 240 g/mol. The zero-order chi connectivity index (χ0) is 13.2. The second-order valence-corrected chi connectivity index (χ2v) is 4.60. The van der Waals surface area contributed by atoms with Crippen LogP contribution in [0.4, 0.5) is 0 Å². The Balaban J connectivity index is 2.91. The number of carboxylic acids is 1. The Labute approximate surface area is 101 Å². The lowest BCUT2D eigenvalue weighted by Gasteiger charge is -2.33. The van der Waals surface area contributed by atoms with Gasteiger partial charge in [0.05, 0.1) is 6.54 Å². The van der Waals surface area contributed by atoms with Crippen LogP contribution in [0.2, 0.25) is 0 Å². The summed E-state index contributed by atoms with van der Waals surface area (Å²) >= 11 is 0. The third kappa shape index (κ3) is 2.63. The van der Waals surface area contributed by atoms with Crippen molar-refractivity contribution in [3.63, 3.8) is 0 Å². The molecule has 96 valence electrons. The highest BCUT2D eigenvalue weighted by atomic mass is 16.4. The lowest BCUT2D eigenvalue weighted by atomic mass is 10.0. The smallest absolute Gasteiger partial charge is 0.323 e. The van der Waals surface area contributed by atoms with Crippen molar-refractivity contribution in [2.24, 2.45) is 7.05 Å². The molecule has 1 rings (SSSR count). The number of likely N-dealkylation sites (N-methyl/N-ethyl adjacent to an activating group) is 1. The highest BCUT2D eigenvalue weighted by Crippen LogP contribution is 2.17. The molecular formula is C11H20N4O2. The standard InChI is InChI=1S/C11H20N4O2/c1-6-15(11(3,4)10(16)17)7-9-13-12-8(2)14(9)5/h6-7H2,1-5H3,(H,16,17). The van der Waals surface area contributed by atoms with Crippen LogP contribution in [0.5, 0.6) is 0 Å². The second kappa shape index (κ2) is 4.83. The van der Waals surface area contributed by atoms with Crippen molar-refractivity contribution in [1.82, 2.24) is 19.7 Å². The number of rotatable bonds is 5. The number of aryl methyl sites for hydroxylation is 1. The number of aliphatic carboxylic acids is 1. The first kappa shape index (κ1) is 13.6. The fraction of sp³-hybridized carbons (Fsp3) is 0.727. The van der Waals surface area contributed by atoms with Gasteiger partial charge in [0.1, 0.15) is 17.2 Å². The van der Waals surface area contributed by atoms with E-state index in [1.165, 1.54) is 0 Å². The van der Waals surface area contributed by atoms with E-state index >= 15 is 0 Å². The van der Waals surface area contributed by atoms with E-state index in [-0.39, 0.29) is 0 Å². The van der Waals surface area contributed by atoms with E-state index in [1.807, 2.05) is 30.4 Å². The molecule has 1 aromatic heterocycles. The summed E-state index contributed by atoms with van der Waals surface area (Å²) in [7, 11) is 1.88. The normalized spacial score (nSPS) is 12.1. The number of hydrogen-bond donors (Lipinski definition) is 1. The van der Waals surface area contributed by atoms with Crippen LogP contribution in [0, 0.1) is 6.92 Å². The molecule has 0 radical (unpaired) electrons. The molecule has 0 atom stereocenters. The van der Waals surface area contributed by atoms with Crippen LogP contribution in [0.25, 0.3) is 0 Å². The number of hydrogen-bond acceptors (Lipinski definition) is 4. The first-order valence-electron chi connectivity index (χ1n) is 5.64.